The summed E-state index contributed by atoms with van der Waals surface area (Å²) in [5.74, 6) is -1.89. The van der Waals surface area contributed by atoms with E-state index in [0.29, 0.717) is 11.4 Å². The number of aryl methyl sites for hydroxylation is 1. The Hall–Kier alpha value is -1.95. The van der Waals surface area contributed by atoms with Crippen molar-refractivity contribution in [3.63, 3.8) is 0 Å². The summed E-state index contributed by atoms with van der Waals surface area (Å²) < 4.78 is 32.7. The van der Waals surface area contributed by atoms with Crippen molar-refractivity contribution in [1.29, 1.82) is 0 Å². The van der Waals surface area contributed by atoms with Gasteiger partial charge in [-0.15, -0.1) is 0 Å². The fourth-order valence-corrected chi connectivity index (χ4v) is 2.14. The molecule has 0 aliphatic rings. The lowest BCUT2D eigenvalue weighted by atomic mass is 10.1. The molecule has 7 heteroatoms. The number of nitrogens with zero attached hydrogens (tertiary/aromatic N) is 2. The molecular weight excluding hydrogens is 290 g/mol. The van der Waals surface area contributed by atoms with E-state index in [2.05, 4.69) is 5.10 Å². The zero-order valence-electron chi connectivity index (χ0n) is 10.8. The van der Waals surface area contributed by atoms with Crippen LogP contribution < -0.4 is 0 Å². The van der Waals surface area contributed by atoms with Crippen LogP contribution >= 0.6 is 11.6 Å². The second-order valence-corrected chi connectivity index (χ2v) is 4.55. The molecule has 2 aromatic rings. The molecule has 0 spiro atoms. The number of rotatable bonds is 3. The molecule has 2 rings (SSSR count). The van der Waals surface area contributed by atoms with E-state index in [1.807, 2.05) is 0 Å². The van der Waals surface area contributed by atoms with Gasteiger partial charge in [-0.25, -0.2) is 8.78 Å². The highest BCUT2D eigenvalue weighted by atomic mass is 35.5. The normalized spacial score (nSPS) is 10.7. The molecule has 0 aliphatic carbocycles. The highest BCUT2D eigenvalue weighted by Crippen LogP contribution is 2.31. The average Bonchev–Trinajstić information content (AvgIpc) is 2.60. The van der Waals surface area contributed by atoms with Crippen LogP contribution in [-0.2, 0) is 23.2 Å². The summed E-state index contributed by atoms with van der Waals surface area (Å²) in [4.78, 5) is 10.8. The molecule has 0 amide bonds. The zero-order chi connectivity index (χ0) is 14.9. The Balaban J connectivity index is 2.44. The summed E-state index contributed by atoms with van der Waals surface area (Å²) in [5.41, 5.74) is 0.938. The van der Waals surface area contributed by atoms with Gasteiger partial charge in [0.1, 0.15) is 23.9 Å². The maximum atomic E-state index is 13.3. The SMILES string of the molecule is CC(=O)OCc1nn(C)c(-c2cc(F)cc(F)c2)c1Cl. The molecule has 0 N–H and O–H groups in total. The van der Waals surface area contributed by atoms with Crippen LogP contribution in [0.1, 0.15) is 12.6 Å². The maximum Gasteiger partial charge on any atom is 0.303 e. The van der Waals surface area contributed by atoms with Gasteiger partial charge < -0.3 is 4.74 Å². The van der Waals surface area contributed by atoms with Crippen LogP contribution in [0.4, 0.5) is 8.78 Å². The van der Waals surface area contributed by atoms with Gasteiger partial charge in [-0.2, -0.15) is 5.10 Å². The largest absolute Gasteiger partial charge is 0.459 e. The van der Waals surface area contributed by atoms with Crippen molar-refractivity contribution in [2.24, 2.45) is 7.05 Å². The molecule has 20 heavy (non-hydrogen) atoms. The minimum absolute atomic E-state index is 0.0974. The van der Waals surface area contributed by atoms with Crippen LogP contribution in [0.2, 0.25) is 5.02 Å². The number of ether oxygens (including phenoxy) is 1. The molecule has 0 atom stereocenters. The van der Waals surface area contributed by atoms with Gasteiger partial charge in [0, 0.05) is 25.6 Å². The Morgan fingerprint density at radius 3 is 2.50 bits per heavy atom. The Morgan fingerprint density at radius 2 is 1.95 bits per heavy atom. The molecule has 1 aromatic heterocycles. The van der Waals surface area contributed by atoms with E-state index in [9.17, 15) is 13.6 Å². The van der Waals surface area contributed by atoms with Gasteiger partial charge in [-0.1, -0.05) is 11.6 Å². The van der Waals surface area contributed by atoms with Crippen LogP contribution in [0.5, 0.6) is 0 Å². The van der Waals surface area contributed by atoms with Gasteiger partial charge in [0.2, 0.25) is 0 Å². The first-order valence-corrected chi connectivity index (χ1v) is 6.07. The summed E-state index contributed by atoms with van der Waals surface area (Å²) in [6.07, 6.45) is 0. The maximum absolute atomic E-state index is 13.3. The van der Waals surface area contributed by atoms with Crippen molar-refractivity contribution in [3.05, 3.63) is 40.6 Å². The summed E-state index contributed by atoms with van der Waals surface area (Å²) in [6.45, 7) is 1.17. The van der Waals surface area contributed by atoms with E-state index in [1.54, 1.807) is 7.05 Å². The number of hydrogen-bond donors (Lipinski definition) is 0. The summed E-state index contributed by atoms with van der Waals surface area (Å²) in [6, 6.07) is 3.08. The Labute approximate surface area is 118 Å². The molecule has 4 nitrogen and oxygen atoms in total. The first-order chi connectivity index (χ1) is 9.38. The van der Waals surface area contributed by atoms with Crippen molar-refractivity contribution < 1.29 is 18.3 Å². The van der Waals surface area contributed by atoms with Crippen LogP contribution in [-0.4, -0.2) is 15.7 Å². The number of carbonyl (C=O) groups is 1. The number of benzene rings is 1. The first kappa shape index (κ1) is 14.5. The first-order valence-electron chi connectivity index (χ1n) is 5.69. The predicted molar refractivity (Wildman–Crippen MR) is 69.0 cm³/mol. The summed E-state index contributed by atoms with van der Waals surface area (Å²) in [7, 11) is 1.58. The highest BCUT2D eigenvalue weighted by molar-refractivity contribution is 6.33. The van der Waals surface area contributed by atoms with E-state index < -0.39 is 17.6 Å². The van der Waals surface area contributed by atoms with Crippen molar-refractivity contribution >= 4 is 17.6 Å². The molecular formula is C13H11ClF2N2O2. The number of hydrogen-bond acceptors (Lipinski definition) is 3. The van der Waals surface area contributed by atoms with Crippen LogP contribution in [0.15, 0.2) is 18.2 Å². The molecule has 0 saturated carbocycles. The third-order valence-corrected chi connectivity index (χ3v) is 3.00. The topological polar surface area (TPSA) is 44.1 Å². The van der Waals surface area contributed by atoms with Crippen LogP contribution in [0.3, 0.4) is 0 Å². The molecule has 1 heterocycles. The Bertz CT molecular complexity index is 650. The fraction of sp³-hybridized carbons (Fsp3) is 0.231. The number of esters is 1. The minimum atomic E-state index is -0.709. The summed E-state index contributed by atoms with van der Waals surface area (Å²) >= 11 is 6.13. The monoisotopic (exact) mass is 300 g/mol. The van der Waals surface area contributed by atoms with E-state index in [-0.39, 0.29) is 17.2 Å². The number of halogens is 3. The molecule has 0 aliphatic heterocycles. The second-order valence-electron chi connectivity index (χ2n) is 4.17. The zero-order valence-corrected chi connectivity index (χ0v) is 11.5. The molecule has 0 saturated heterocycles. The third kappa shape index (κ3) is 2.96. The average molecular weight is 301 g/mol. The van der Waals surface area contributed by atoms with Gasteiger partial charge in [-0.3, -0.25) is 9.48 Å². The van der Waals surface area contributed by atoms with Gasteiger partial charge in [0.05, 0.1) is 10.7 Å². The van der Waals surface area contributed by atoms with Crippen molar-refractivity contribution in [1.82, 2.24) is 9.78 Å². The Morgan fingerprint density at radius 1 is 1.35 bits per heavy atom. The second kappa shape index (κ2) is 5.58. The number of aromatic nitrogens is 2. The third-order valence-electron chi connectivity index (χ3n) is 2.60. The quantitative estimate of drug-likeness (QED) is 0.818. The van der Waals surface area contributed by atoms with Crippen LogP contribution in [0.25, 0.3) is 11.3 Å². The lowest BCUT2D eigenvalue weighted by molar-refractivity contribution is -0.142. The molecule has 106 valence electrons. The van der Waals surface area contributed by atoms with Gasteiger partial charge in [0.25, 0.3) is 0 Å². The van der Waals surface area contributed by atoms with E-state index in [4.69, 9.17) is 16.3 Å². The van der Waals surface area contributed by atoms with Crippen molar-refractivity contribution in [2.45, 2.75) is 13.5 Å². The van der Waals surface area contributed by atoms with Crippen LogP contribution in [0, 0.1) is 11.6 Å². The lowest BCUT2D eigenvalue weighted by Crippen LogP contribution is -2.00. The fourth-order valence-electron chi connectivity index (χ4n) is 1.82. The van der Waals surface area contributed by atoms with Gasteiger partial charge in [-0.05, 0) is 12.1 Å². The number of carbonyl (C=O) groups excluding carboxylic acids is 1. The van der Waals surface area contributed by atoms with Crippen molar-refractivity contribution in [3.8, 4) is 11.3 Å². The van der Waals surface area contributed by atoms with E-state index in [1.165, 1.54) is 11.6 Å². The highest BCUT2D eigenvalue weighted by Gasteiger charge is 2.18. The van der Waals surface area contributed by atoms with Gasteiger partial charge >= 0.3 is 5.97 Å². The molecule has 1 aromatic carbocycles. The Kier molecular flexibility index (Phi) is 4.04. The minimum Gasteiger partial charge on any atom is -0.459 e. The predicted octanol–water partition coefficient (Wildman–Crippen LogP) is 3.08. The summed E-state index contributed by atoms with van der Waals surface area (Å²) in [5, 5.41) is 4.27. The van der Waals surface area contributed by atoms with Crippen molar-refractivity contribution in [2.75, 3.05) is 0 Å². The molecule has 0 radical (unpaired) electrons. The molecule has 0 bridgehead atoms. The lowest BCUT2D eigenvalue weighted by Gasteiger charge is -2.03. The van der Waals surface area contributed by atoms with E-state index >= 15 is 0 Å². The van der Waals surface area contributed by atoms with E-state index in [0.717, 1.165) is 18.2 Å². The van der Waals surface area contributed by atoms with Gasteiger partial charge in [0.15, 0.2) is 0 Å². The molecule has 0 fully saturated rings. The smallest absolute Gasteiger partial charge is 0.303 e. The standard InChI is InChI=1S/C13H11ClF2N2O2/c1-7(19)20-6-11-12(14)13(18(2)17-11)8-3-9(15)5-10(16)4-8/h3-5H,6H2,1-2H3. The molecule has 0 unspecified atom stereocenters.